The van der Waals surface area contributed by atoms with Crippen LogP contribution in [-0.2, 0) is 0 Å². The summed E-state index contributed by atoms with van der Waals surface area (Å²) in [6.07, 6.45) is 1.82. The highest BCUT2D eigenvalue weighted by Gasteiger charge is 2.18. The zero-order valence-corrected chi connectivity index (χ0v) is 59.3. The van der Waals surface area contributed by atoms with Gasteiger partial charge in [0.15, 0.2) is 11.6 Å². The van der Waals surface area contributed by atoms with Crippen molar-refractivity contribution in [3.05, 3.63) is 376 Å². The van der Waals surface area contributed by atoms with Crippen LogP contribution < -0.4 is 0 Å². The molecule has 10 nitrogen and oxygen atoms in total. The van der Waals surface area contributed by atoms with Crippen molar-refractivity contribution >= 4 is 87.0 Å². The van der Waals surface area contributed by atoms with Gasteiger partial charge >= 0.3 is 0 Å². The fourth-order valence-corrected chi connectivity index (χ4v) is 14.9. The van der Waals surface area contributed by atoms with Crippen LogP contribution in [0.5, 0.6) is 0 Å². The Morgan fingerprint density at radius 3 is 0.982 bits per heavy atom. The van der Waals surface area contributed by atoms with Gasteiger partial charge in [-0.1, -0.05) is 267 Å². The Hall–Kier alpha value is -15.0. The van der Waals surface area contributed by atoms with Gasteiger partial charge in [0, 0.05) is 77.5 Å². The Morgan fingerprint density at radius 1 is 0.155 bits per heavy atom. The maximum absolute atomic E-state index is 5.16. The van der Waals surface area contributed by atoms with E-state index >= 15 is 0 Å². The fourth-order valence-electron chi connectivity index (χ4n) is 14.9. The number of pyridine rings is 6. The van der Waals surface area contributed by atoms with Gasteiger partial charge < -0.3 is 0 Å². The van der Waals surface area contributed by atoms with Crippen LogP contribution in [-0.4, -0.2) is 49.8 Å². The van der Waals surface area contributed by atoms with Crippen LogP contribution in [0.15, 0.2) is 376 Å². The Balaban J connectivity index is 0.000000145. The van der Waals surface area contributed by atoms with Crippen LogP contribution in [0.1, 0.15) is 0 Å². The first-order valence-electron chi connectivity index (χ1n) is 36.7. The first-order valence-corrected chi connectivity index (χ1v) is 36.7. The average Bonchev–Trinajstić information content (AvgIpc) is 0.787. The quantitative estimate of drug-likeness (QED) is 0.115. The van der Waals surface area contributed by atoms with Crippen molar-refractivity contribution in [3.63, 3.8) is 0 Å². The van der Waals surface area contributed by atoms with E-state index in [1.54, 1.807) is 0 Å². The number of nitrogens with zero attached hydrogens (tertiary/aromatic N) is 10. The lowest BCUT2D eigenvalue weighted by Gasteiger charge is -2.12. The second-order valence-corrected chi connectivity index (χ2v) is 27.5. The molecule has 0 radical (unpaired) electrons. The van der Waals surface area contributed by atoms with E-state index in [1.807, 2.05) is 128 Å². The van der Waals surface area contributed by atoms with Gasteiger partial charge in [0.05, 0.1) is 84.3 Å². The predicted molar refractivity (Wildman–Crippen MR) is 451 cm³/mol. The summed E-state index contributed by atoms with van der Waals surface area (Å²) in [7, 11) is 0. The molecule has 10 heteroatoms. The molecule has 110 heavy (non-hydrogen) atoms. The molecular weight excluding hydrogens is 1340 g/mol. The highest BCUT2D eigenvalue weighted by atomic mass is 14.9. The second kappa shape index (κ2) is 27.8. The van der Waals surface area contributed by atoms with Crippen molar-refractivity contribution < 1.29 is 0 Å². The Bertz CT molecular complexity index is 7030. The molecule has 0 aliphatic carbocycles. The zero-order chi connectivity index (χ0) is 72.9. The van der Waals surface area contributed by atoms with Crippen LogP contribution >= 0.6 is 0 Å². The van der Waals surface area contributed by atoms with E-state index in [4.69, 9.17) is 44.9 Å². The van der Waals surface area contributed by atoms with Gasteiger partial charge in [0.25, 0.3) is 0 Å². The second-order valence-electron chi connectivity index (χ2n) is 27.5. The lowest BCUT2D eigenvalue weighted by Crippen LogP contribution is -1.97. The molecule has 0 fully saturated rings. The van der Waals surface area contributed by atoms with Crippen molar-refractivity contribution in [3.8, 4) is 124 Å². The lowest BCUT2D eigenvalue weighted by atomic mass is 9.95. The van der Waals surface area contributed by atoms with E-state index < -0.39 is 0 Å². The van der Waals surface area contributed by atoms with Crippen molar-refractivity contribution in [2.24, 2.45) is 0 Å². The summed E-state index contributed by atoms with van der Waals surface area (Å²) in [5.74, 6) is 1.35. The summed E-state index contributed by atoms with van der Waals surface area (Å²) in [4.78, 5) is 49.8. The average molecular weight is 1400 g/mol. The van der Waals surface area contributed by atoms with Crippen LogP contribution in [0.3, 0.4) is 0 Å². The molecule has 0 saturated carbocycles. The minimum atomic E-state index is 0.673. The molecule has 21 aromatic rings. The van der Waals surface area contributed by atoms with Gasteiger partial charge in [-0.2, -0.15) is 0 Å². The summed E-state index contributed by atoms with van der Waals surface area (Å²) in [5, 5.41) is 11.4. The van der Waals surface area contributed by atoms with Crippen LogP contribution in [0, 0.1) is 0 Å². The topological polar surface area (TPSA) is 129 Å². The minimum Gasteiger partial charge on any atom is -0.254 e. The van der Waals surface area contributed by atoms with Crippen molar-refractivity contribution in [1.29, 1.82) is 0 Å². The van der Waals surface area contributed by atoms with Gasteiger partial charge in [-0.15, -0.1) is 0 Å². The molecule has 0 saturated heterocycles. The number of rotatable bonds is 11. The molecule has 0 unspecified atom stereocenters. The van der Waals surface area contributed by atoms with E-state index in [9.17, 15) is 0 Å². The third kappa shape index (κ3) is 12.6. The Labute approximate surface area is 633 Å². The van der Waals surface area contributed by atoms with E-state index in [2.05, 4.69) is 254 Å². The number of fused-ring (bicyclic) bond motifs is 10. The summed E-state index contributed by atoms with van der Waals surface area (Å²) in [6.45, 7) is 0. The van der Waals surface area contributed by atoms with E-state index in [-0.39, 0.29) is 0 Å². The predicted octanol–water partition coefficient (Wildman–Crippen LogP) is 24.9. The third-order valence-corrected chi connectivity index (χ3v) is 20.6. The number of hydrogen-bond donors (Lipinski definition) is 0. The summed E-state index contributed by atoms with van der Waals surface area (Å²) in [6, 6.07) is 128. The minimum absolute atomic E-state index is 0.673. The SMILES string of the molecule is c1ccc(-c2cc(-c3ccc4cc(-c5ccc6nc(-c7cc8ccccc8c8ccccc78)ccc6c5)ccc4n3)nc(-c3ccccc3)n2)cc1.c1ccc(-c2cc(-c3ccc4cc(-c5ccc6nc(-c7ccc(-c8ccc9ccc%10cccnc%10c9n8)cc7)ccc6c5)ccc4n3)nc(-c3ccccc3)n2)cc1. The molecule has 8 heterocycles. The molecule has 512 valence electrons. The van der Waals surface area contributed by atoms with E-state index in [0.29, 0.717) is 11.6 Å². The van der Waals surface area contributed by atoms with Crippen molar-refractivity contribution in [1.82, 2.24) is 49.8 Å². The smallest absolute Gasteiger partial charge is 0.160 e. The number of benzene rings is 13. The van der Waals surface area contributed by atoms with Gasteiger partial charge in [-0.05, 0) is 147 Å². The molecule has 0 aliphatic heterocycles. The zero-order valence-electron chi connectivity index (χ0n) is 59.3. The van der Waals surface area contributed by atoms with E-state index in [0.717, 1.165) is 178 Å². The molecule has 0 spiro atoms. The summed E-state index contributed by atoms with van der Waals surface area (Å²) >= 11 is 0. The van der Waals surface area contributed by atoms with Gasteiger partial charge in [-0.3, -0.25) is 4.98 Å². The maximum atomic E-state index is 5.16. The monoisotopic (exact) mass is 1400 g/mol. The largest absolute Gasteiger partial charge is 0.254 e. The Kier molecular flexibility index (Phi) is 16.3. The van der Waals surface area contributed by atoms with Gasteiger partial charge in [0.2, 0.25) is 0 Å². The van der Waals surface area contributed by atoms with E-state index in [1.165, 1.54) is 21.5 Å². The summed E-state index contributed by atoms with van der Waals surface area (Å²) < 4.78 is 0. The number of hydrogen-bond acceptors (Lipinski definition) is 10. The molecule has 0 N–H and O–H groups in total. The maximum Gasteiger partial charge on any atom is 0.160 e. The lowest BCUT2D eigenvalue weighted by molar-refractivity contribution is 1.17. The molecule has 0 aliphatic rings. The molecule has 0 atom stereocenters. The van der Waals surface area contributed by atoms with Crippen molar-refractivity contribution in [2.75, 3.05) is 0 Å². The fraction of sp³-hybridized carbons (Fsp3) is 0. The van der Waals surface area contributed by atoms with Crippen LogP contribution in [0.25, 0.3) is 211 Å². The Morgan fingerprint density at radius 2 is 0.491 bits per heavy atom. The van der Waals surface area contributed by atoms with Crippen LogP contribution in [0.4, 0.5) is 0 Å². The first-order chi connectivity index (χ1) is 54.4. The molecule has 0 amide bonds. The van der Waals surface area contributed by atoms with Gasteiger partial charge in [0.1, 0.15) is 0 Å². The van der Waals surface area contributed by atoms with Crippen LogP contribution in [0.2, 0.25) is 0 Å². The molecular formula is C100H62N10. The van der Waals surface area contributed by atoms with Crippen molar-refractivity contribution in [2.45, 2.75) is 0 Å². The molecule has 0 bridgehead atoms. The third-order valence-electron chi connectivity index (χ3n) is 20.6. The molecule has 8 aromatic heterocycles. The molecule has 13 aromatic carbocycles. The van der Waals surface area contributed by atoms with Gasteiger partial charge in [-0.25, -0.2) is 44.9 Å². The molecule has 21 rings (SSSR count). The summed E-state index contributed by atoms with van der Waals surface area (Å²) in [5.41, 5.74) is 25.1. The highest BCUT2D eigenvalue weighted by Crippen LogP contribution is 2.39. The number of aromatic nitrogens is 10. The normalized spacial score (nSPS) is 11.5. The standard InChI is InChI=1S/C52H32N6.C48H30N4/c1-3-8-33(9-4-1)48-32-49(58-52(57-48)38-10-5-2-6-11-38)47-28-23-42-31-40(21-26-46(42)55-47)39-20-25-45-41(30-39)22-27-43(54-45)34-13-15-35(16-14-34)44-24-19-37-18-17-36-12-7-29-53-50(36)51(37)56-44;1-3-11-31(12-4-1)46-30-47(52-48(51-46)32-13-5-2-6-14-32)45-26-22-37-28-34(20-24-43(37)50-45)33-19-23-42-36(27-33)21-25-44(49-42)41-29-35-15-7-8-16-38(35)39-17-9-10-18-40(39)41/h1-32H;1-30H. The highest BCUT2D eigenvalue weighted by molar-refractivity contribution is 6.14. The first kappa shape index (κ1) is 64.6.